The number of hydrogen-bond donors (Lipinski definition) is 0. The Bertz CT molecular complexity index is 426. The minimum absolute atomic E-state index is 0.193. The standard InChI is InChI=1S/C12H15F2N3O/c13-11(14)9-7-17(5-6-18-9)10-3-4-15-12(16-10)8-1-2-8/h3-4,8-9,11H,1-2,5-7H2/t9-/m0/s1. The highest BCUT2D eigenvalue weighted by molar-refractivity contribution is 5.38. The van der Waals surface area contributed by atoms with Gasteiger partial charge in [0.15, 0.2) is 0 Å². The molecule has 98 valence electrons. The minimum atomic E-state index is -2.45. The molecule has 6 heteroatoms. The molecule has 2 heterocycles. The molecule has 1 saturated heterocycles. The summed E-state index contributed by atoms with van der Waals surface area (Å²) in [6.45, 7) is 1.11. The van der Waals surface area contributed by atoms with Crippen molar-refractivity contribution in [2.45, 2.75) is 31.3 Å². The Morgan fingerprint density at radius 2 is 2.22 bits per heavy atom. The van der Waals surface area contributed by atoms with Crippen LogP contribution in [-0.4, -0.2) is 42.2 Å². The third-order valence-electron chi connectivity index (χ3n) is 3.30. The average molecular weight is 255 g/mol. The molecule has 1 atom stereocenters. The maximum atomic E-state index is 12.6. The van der Waals surface area contributed by atoms with Gasteiger partial charge in [-0.15, -0.1) is 0 Å². The van der Waals surface area contributed by atoms with Crippen LogP contribution in [0.15, 0.2) is 12.3 Å². The third kappa shape index (κ3) is 2.43. The number of ether oxygens (including phenoxy) is 1. The number of rotatable bonds is 3. The number of halogens is 2. The smallest absolute Gasteiger partial charge is 0.266 e. The second-order valence-electron chi connectivity index (χ2n) is 4.74. The fraction of sp³-hybridized carbons (Fsp3) is 0.667. The number of morpholine rings is 1. The Balaban J connectivity index is 1.74. The molecular weight excluding hydrogens is 240 g/mol. The maximum Gasteiger partial charge on any atom is 0.266 e. The lowest BCUT2D eigenvalue weighted by Crippen LogP contribution is -2.46. The van der Waals surface area contributed by atoms with Gasteiger partial charge in [0.2, 0.25) is 0 Å². The van der Waals surface area contributed by atoms with Gasteiger partial charge >= 0.3 is 0 Å². The van der Waals surface area contributed by atoms with Crippen molar-refractivity contribution < 1.29 is 13.5 Å². The van der Waals surface area contributed by atoms with Crippen LogP contribution in [0.4, 0.5) is 14.6 Å². The molecule has 3 rings (SSSR count). The molecule has 2 aliphatic rings. The third-order valence-corrected chi connectivity index (χ3v) is 3.30. The van der Waals surface area contributed by atoms with E-state index in [1.54, 1.807) is 12.3 Å². The lowest BCUT2D eigenvalue weighted by molar-refractivity contribution is -0.0615. The van der Waals surface area contributed by atoms with Gasteiger partial charge in [0, 0.05) is 18.7 Å². The van der Waals surface area contributed by atoms with Gasteiger partial charge in [-0.3, -0.25) is 0 Å². The van der Waals surface area contributed by atoms with Gasteiger partial charge < -0.3 is 9.64 Å². The lowest BCUT2D eigenvalue weighted by atomic mass is 10.2. The van der Waals surface area contributed by atoms with E-state index in [2.05, 4.69) is 9.97 Å². The van der Waals surface area contributed by atoms with E-state index in [0.29, 0.717) is 19.1 Å². The summed E-state index contributed by atoms with van der Waals surface area (Å²) in [4.78, 5) is 10.6. The van der Waals surface area contributed by atoms with E-state index >= 15 is 0 Å². The normalized spacial score (nSPS) is 24.6. The number of hydrogen-bond acceptors (Lipinski definition) is 4. The van der Waals surface area contributed by atoms with Crippen molar-refractivity contribution in [1.29, 1.82) is 0 Å². The molecule has 2 fully saturated rings. The monoisotopic (exact) mass is 255 g/mol. The highest BCUT2D eigenvalue weighted by atomic mass is 19.3. The van der Waals surface area contributed by atoms with Crippen LogP contribution in [-0.2, 0) is 4.74 Å². The van der Waals surface area contributed by atoms with Crippen LogP contribution in [0.1, 0.15) is 24.6 Å². The minimum Gasteiger partial charge on any atom is -0.369 e. The number of alkyl halides is 2. The maximum absolute atomic E-state index is 12.6. The van der Waals surface area contributed by atoms with E-state index in [9.17, 15) is 8.78 Å². The molecule has 1 saturated carbocycles. The number of anilines is 1. The topological polar surface area (TPSA) is 38.2 Å². The van der Waals surface area contributed by atoms with Crippen molar-refractivity contribution in [3.63, 3.8) is 0 Å². The van der Waals surface area contributed by atoms with Crippen LogP contribution in [0.25, 0.3) is 0 Å². The average Bonchev–Trinajstić information content (AvgIpc) is 3.23. The summed E-state index contributed by atoms with van der Waals surface area (Å²) in [7, 11) is 0. The highest BCUT2D eigenvalue weighted by Gasteiger charge is 2.30. The van der Waals surface area contributed by atoms with Crippen molar-refractivity contribution in [3.05, 3.63) is 18.1 Å². The van der Waals surface area contributed by atoms with Gasteiger partial charge in [-0.25, -0.2) is 18.7 Å². The van der Waals surface area contributed by atoms with E-state index < -0.39 is 12.5 Å². The Hall–Kier alpha value is -1.30. The molecule has 0 bridgehead atoms. The van der Waals surface area contributed by atoms with Crippen molar-refractivity contribution in [2.24, 2.45) is 0 Å². The van der Waals surface area contributed by atoms with Crippen LogP contribution in [0.2, 0.25) is 0 Å². The summed E-state index contributed by atoms with van der Waals surface area (Å²) in [5.41, 5.74) is 0. The molecule has 0 radical (unpaired) electrons. The van der Waals surface area contributed by atoms with Gasteiger partial charge in [-0.2, -0.15) is 0 Å². The van der Waals surface area contributed by atoms with Gasteiger partial charge in [0.1, 0.15) is 17.7 Å². The van der Waals surface area contributed by atoms with Crippen molar-refractivity contribution in [2.75, 3.05) is 24.6 Å². The van der Waals surface area contributed by atoms with E-state index in [4.69, 9.17) is 4.74 Å². The SMILES string of the molecule is FC(F)[C@@H]1CN(c2ccnc(C3CC3)n2)CCO1. The van der Waals surface area contributed by atoms with Gasteiger partial charge in [0.25, 0.3) is 6.43 Å². The molecule has 4 nitrogen and oxygen atoms in total. The number of aromatic nitrogens is 2. The van der Waals surface area contributed by atoms with Crippen LogP contribution in [0.5, 0.6) is 0 Å². The van der Waals surface area contributed by atoms with Crippen LogP contribution < -0.4 is 4.90 Å². The van der Waals surface area contributed by atoms with Crippen molar-refractivity contribution in [3.8, 4) is 0 Å². The summed E-state index contributed by atoms with van der Waals surface area (Å²) in [6.07, 6.45) is 0.511. The summed E-state index contributed by atoms with van der Waals surface area (Å²) in [5, 5.41) is 0. The van der Waals surface area contributed by atoms with E-state index in [-0.39, 0.29) is 6.54 Å². The molecule has 0 N–H and O–H groups in total. The van der Waals surface area contributed by atoms with Gasteiger partial charge in [-0.1, -0.05) is 0 Å². The zero-order valence-electron chi connectivity index (χ0n) is 9.93. The van der Waals surface area contributed by atoms with Crippen LogP contribution in [0, 0.1) is 0 Å². The predicted octanol–water partition coefficient (Wildman–Crippen LogP) is 1.82. The van der Waals surface area contributed by atoms with Gasteiger partial charge in [-0.05, 0) is 18.9 Å². The first kappa shape index (κ1) is 11.8. The van der Waals surface area contributed by atoms with E-state index in [1.165, 1.54) is 0 Å². The summed E-state index contributed by atoms with van der Waals surface area (Å²) < 4.78 is 30.3. The fourth-order valence-corrected chi connectivity index (χ4v) is 2.11. The molecule has 0 spiro atoms. The Morgan fingerprint density at radius 1 is 1.39 bits per heavy atom. The zero-order chi connectivity index (χ0) is 12.5. The molecule has 1 aromatic heterocycles. The second kappa shape index (κ2) is 4.76. The molecule has 1 aliphatic heterocycles. The van der Waals surface area contributed by atoms with Crippen molar-refractivity contribution in [1.82, 2.24) is 9.97 Å². The van der Waals surface area contributed by atoms with Gasteiger partial charge in [0.05, 0.1) is 13.2 Å². The molecule has 0 aromatic carbocycles. The molecular formula is C12H15F2N3O. The van der Waals surface area contributed by atoms with Crippen molar-refractivity contribution >= 4 is 5.82 Å². The largest absolute Gasteiger partial charge is 0.369 e. The molecule has 1 aromatic rings. The van der Waals surface area contributed by atoms with Crippen LogP contribution in [0.3, 0.4) is 0 Å². The Labute approximate surface area is 104 Å². The molecule has 0 amide bonds. The molecule has 0 unspecified atom stereocenters. The summed E-state index contributed by atoms with van der Waals surface area (Å²) in [5.74, 6) is 2.05. The lowest BCUT2D eigenvalue weighted by Gasteiger charge is -2.33. The number of nitrogens with zero attached hydrogens (tertiary/aromatic N) is 3. The van der Waals surface area contributed by atoms with E-state index in [0.717, 1.165) is 24.5 Å². The van der Waals surface area contributed by atoms with Crippen LogP contribution >= 0.6 is 0 Å². The Kier molecular flexibility index (Phi) is 3.11. The Morgan fingerprint density at radius 3 is 2.94 bits per heavy atom. The first-order valence-corrected chi connectivity index (χ1v) is 6.21. The zero-order valence-corrected chi connectivity index (χ0v) is 9.93. The quantitative estimate of drug-likeness (QED) is 0.826. The van der Waals surface area contributed by atoms with E-state index in [1.807, 2.05) is 4.90 Å². The fourth-order valence-electron chi connectivity index (χ4n) is 2.11. The summed E-state index contributed by atoms with van der Waals surface area (Å²) in [6, 6.07) is 1.78. The first-order valence-electron chi connectivity index (χ1n) is 6.21. The predicted molar refractivity (Wildman–Crippen MR) is 62.0 cm³/mol. The molecule has 18 heavy (non-hydrogen) atoms. The highest BCUT2D eigenvalue weighted by Crippen LogP contribution is 2.38. The second-order valence-corrected chi connectivity index (χ2v) is 4.74. The summed E-state index contributed by atoms with van der Waals surface area (Å²) >= 11 is 0. The molecule has 1 aliphatic carbocycles. The first-order chi connectivity index (χ1) is 8.74.